The van der Waals surface area contributed by atoms with Crippen LogP contribution in [0.3, 0.4) is 0 Å². The van der Waals surface area contributed by atoms with E-state index in [0.29, 0.717) is 24.3 Å². The van der Waals surface area contributed by atoms with Gasteiger partial charge in [-0.25, -0.2) is 13.1 Å². The summed E-state index contributed by atoms with van der Waals surface area (Å²) in [4.78, 5) is 25.9. The summed E-state index contributed by atoms with van der Waals surface area (Å²) in [6.07, 6.45) is 0.0729. The maximum Gasteiger partial charge on any atom is 0.255 e. The largest absolute Gasteiger partial charge is 0.360 e. The molecular formula is C20H21N5O4S. The van der Waals surface area contributed by atoms with E-state index in [1.165, 1.54) is 24.3 Å². The van der Waals surface area contributed by atoms with Gasteiger partial charge in [0.2, 0.25) is 15.9 Å². The fraction of sp³-hybridized carbons (Fsp3) is 0.250. The summed E-state index contributed by atoms with van der Waals surface area (Å²) in [5, 5.41) is 14.0. The highest BCUT2D eigenvalue weighted by molar-refractivity contribution is 7.89. The summed E-state index contributed by atoms with van der Waals surface area (Å²) >= 11 is 0. The lowest BCUT2D eigenvalue weighted by Gasteiger charge is -2.28. The Kier molecular flexibility index (Phi) is 6.66. The van der Waals surface area contributed by atoms with Gasteiger partial charge in [0.1, 0.15) is 0 Å². The minimum Gasteiger partial charge on any atom is -0.360 e. The van der Waals surface area contributed by atoms with E-state index in [0.717, 1.165) is 12.2 Å². The summed E-state index contributed by atoms with van der Waals surface area (Å²) in [6, 6.07) is 14.6. The summed E-state index contributed by atoms with van der Waals surface area (Å²) in [5.74, 6) is -0.397. The van der Waals surface area contributed by atoms with Crippen molar-refractivity contribution in [3.8, 4) is 6.07 Å². The molecule has 1 aliphatic heterocycles. The highest BCUT2D eigenvalue weighted by atomic mass is 32.2. The molecule has 0 saturated carbocycles. The van der Waals surface area contributed by atoms with Crippen molar-refractivity contribution in [2.75, 3.05) is 36.4 Å². The molecule has 0 atom stereocenters. The summed E-state index contributed by atoms with van der Waals surface area (Å²) in [7, 11) is -3.72. The molecular weight excluding hydrogens is 406 g/mol. The van der Waals surface area contributed by atoms with Crippen LogP contribution in [0.4, 0.5) is 11.4 Å². The molecule has 9 nitrogen and oxygen atoms in total. The number of amides is 2. The normalized spacial score (nSPS) is 14.0. The topological polar surface area (TPSA) is 131 Å². The number of hydrogen-bond donors (Lipinski definition) is 3. The lowest BCUT2D eigenvalue weighted by Crippen LogP contribution is -2.47. The molecule has 1 saturated heterocycles. The lowest BCUT2D eigenvalue weighted by molar-refractivity contribution is -0.120. The molecule has 0 unspecified atom stereocenters. The number of carbonyl (C=O) groups is 2. The zero-order chi connectivity index (χ0) is 21.6. The summed E-state index contributed by atoms with van der Waals surface area (Å²) < 4.78 is 26.5. The highest BCUT2D eigenvalue weighted by Gasteiger charge is 2.17. The van der Waals surface area contributed by atoms with Crippen molar-refractivity contribution in [1.29, 1.82) is 5.26 Å². The smallest absolute Gasteiger partial charge is 0.255 e. The quantitative estimate of drug-likeness (QED) is 0.567. The maximum absolute atomic E-state index is 12.4. The predicted molar refractivity (Wildman–Crippen MR) is 111 cm³/mol. The third-order valence-corrected chi connectivity index (χ3v) is 5.96. The van der Waals surface area contributed by atoms with Crippen molar-refractivity contribution in [3.05, 3.63) is 54.1 Å². The number of piperazine rings is 1. The standard InChI is InChI=1S/C20H21N5O4S/c21-10-1-11-23-30(28,29)18-8-2-15(3-9-18)20(27)24-16-4-6-17(7-5-16)25-13-12-22-19(26)14-25/h2-9,23H,1,11-14H2,(H,22,26)(H,24,27). The second-order valence-electron chi connectivity index (χ2n) is 6.60. The molecule has 1 aliphatic rings. The van der Waals surface area contributed by atoms with Crippen molar-refractivity contribution < 1.29 is 18.0 Å². The minimum atomic E-state index is -3.72. The zero-order valence-corrected chi connectivity index (χ0v) is 16.9. The van der Waals surface area contributed by atoms with Crippen LogP contribution in [-0.2, 0) is 14.8 Å². The Bertz CT molecular complexity index is 1060. The third-order valence-electron chi connectivity index (χ3n) is 4.48. The van der Waals surface area contributed by atoms with Gasteiger partial charge < -0.3 is 15.5 Å². The second kappa shape index (κ2) is 9.39. The highest BCUT2D eigenvalue weighted by Crippen LogP contribution is 2.19. The Balaban J connectivity index is 1.62. The van der Waals surface area contributed by atoms with Gasteiger partial charge >= 0.3 is 0 Å². The zero-order valence-electron chi connectivity index (χ0n) is 16.1. The van der Waals surface area contributed by atoms with Gasteiger partial charge in [-0.05, 0) is 48.5 Å². The van der Waals surface area contributed by atoms with E-state index in [4.69, 9.17) is 5.26 Å². The number of nitrogens with zero attached hydrogens (tertiary/aromatic N) is 2. The summed E-state index contributed by atoms with van der Waals surface area (Å²) in [5.41, 5.74) is 1.78. The van der Waals surface area contributed by atoms with E-state index in [2.05, 4.69) is 15.4 Å². The van der Waals surface area contributed by atoms with E-state index < -0.39 is 10.0 Å². The maximum atomic E-state index is 12.4. The average molecular weight is 427 g/mol. The number of benzene rings is 2. The first-order valence-corrected chi connectivity index (χ1v) is 10.8. The predicted octanol–water partition coefficient (Wildman–Crippen LogP) is 1.07. The molecule has 3 N–H and O–H groups in total. The van der Waals surface area contributed by atoms with Crippen LogP contribution in [-0.4, -0.2) is 46.4 Å². The molecule has 10 heteroatoms. The van der Waals surface area contributed by atoms with Gasteiger partial charge in [0.05, 0.1) is 17.5 Å². The molecule has 0 bridgehead atoms. The fourth-order valence-electron chi connectivity index (χ4n) is 2.93. The van der Waals surface area contributed by atoms with Crippen molar-refractivity contribution in [2.45, 2.75) is 11.3 Å². The van der Waals surface area contributed by atoms with Crippen LogP contribution in [0.5, 0.6) is 0 Å². The van der Waals surface area contributed by atoms with Crippen molar-refractivity contribution in [2.24, 2.45) is 0 Å². The number of hydrogen-bond acceptors (Lipinski definition) is 6. The first-order valence-electron chi connectivity index (χ1n) is 9.29. The monoisotopic (exact) mass is 427 g/mol. The molecule has 0 aromatic heterocycles. The van der Waals surface area contributed by atoms with Gasteiger partial charge in [0, 0.05) is 43.0 Å². The van der Waals surface area contributed by atoms with Crippen LogP contribution in [0.25, 0.3) is 0 Å². The Hall–Kier alpha value is -3.42. The molecule has 2 aromatic rings. The van der Waals surface area contributed by atoms with E-state index in [1.807, 2.05) is 23.1 Å². The van der Waals surface area contributed by atoms with Gasteiger partial charge in [-0.15, -0.1) is 0 Å². The molecule has 1 fully saturated rings. The Morgan fingerprint density at radius 3 is 2.47 bits per heavy atom. The van der Waals surface area contributed by atoms with Crippen LogP contribution >= 0.6 is 0 Å². The Morgan fingerprint density at radius 1 is 1.13 bits per heavy atom. The molecule has 0 radical (unpaired) electrons. The Labute approximate surface area is 174 Å². The van der Waals surface area contributed by atoms with Crippen molar-refractivity contribution >= 4 is 33.2 Å². The fourth-order valence-corrected chi connectivity index (χ4v) is 3.96. The minimum absolute atomic E-state index is 0.0203. The third kappa shape index (κ3) is 5.34. The summed E-state index contributed by atoms with van der Waals surface area (Å²) in [6.45, 7) is 1.64. The number of carbonyl (C=O) groups excluding carboxylic acids is 2. The van der Waals surface area contributed by atoms with Gasteiger partial charge in [-0.2, -0.15) is 5.26 Å². The van der Waals surface area contributed by atoms with E-state index in [1.54, 1.807) is 12.1 Å². The van der Waals surface area contributed by atoms with Gasteiger partial charge in [0.25, 0.3) is 5.91 Å². The van der Waals surface area contributed by atoms with E-state index in [-0.39, 0.29) is 29.7 Å². The molecule has 30 heavy (non-hydrogen) atoms. The van der Waals surface area contributed by atoms with Gasteiger partial charge in [-0.3, -0.25) is 9.59 Å². The molecule has 1 heterocycles. The van der Waals surface area contributed by atoms with E-state index in [9.17, 15) is 18.0 Å². The molecule has 0 spiro atoms. The van der Waals surface area contributed by atoms with Gasteiger partial charge in [0.15, 0.2) is 0 Å². The average Bonchev–Trinajstić information content (AvgIpc) is 2.74. The van der Waals surface area contributed by atoms with Crippen LogP contribution in [0.2, 0.25) is 0 Å². The van der Waals surface area contributed by atoms with Crippen molar-refractivity contribution in [3.63, 3.8) is 0 Å². The second-order valence-corrected chi connectivity index (χ2v) is 8.37. The van der Waals surface area contributed by atoms with Crippen LogP contribution in [0, 0.1) is 11.3 Å². The molecule has 3 rings (SSSR count). The molecule has 0 aliphatic carbocycles. The van der Waals surface area contributed by atoms with Crippen LogP contribution < -0.4 is 20.3 Å². The number of anilines is 2. The SMILES string of the molecule is N#CCCNS(=O)(=O)c1ccc(C(=O)Nc2ccc(N3CCNC(=O)C3)cc2)cc1. The molecule has 2 aromatic carbocycles. The number of sulfonamides is 1. The number of nitriles is 1. The van der Waals surface area contributed by atoms with Gasteiger partial charge in [-0.1, -0.05) is 0 Å². The number of rotatable bonds is 7. The lowest BCUT2D eigenvalue weighted by atomic mass is 10.2. The van der Waals surface area contributed by atoms with E-state index >= 15 is 0 Å². The Morgan fingerprint density at radius 2 is 1.83 bits per heavy atom. The number of nitrogens with one attached hydrogen (secondary N) is 3. The first kappa shape index (κ1) is 21.3. The van der Waals surface area contributed by atoms with Crippen molar-refractivity contribution in [1.82, 2.24) is 10.0 Å². The van der Waals surface area contributed by atoms with Crippen LogP contribution in [0.1, 0.15) is 16.8 Å². The first-order chi connectivity index (χ1) is 14.4. The molecule has 156 valence electrons. The van der Waals surface area contributed by atoms with Crippen LogP contribution in [0.15, 0.2) is 53.4 Å². The molecule has 2 amide bonds.